The van der Waals surface area contributed by atoms with E-state index < -0.39 is 17.6 Å². The van der Waals surface area contributed by atoms with Gasteiger partial charge in [-0.05, 0) is 43.9 Å². The van der Waals surface area contributed by atoms with E-state index >= 15 is 0 Å². The summed E-state index contributed by atoms with van der Waals surface area (Å²) in [5, 5.41) is 32.6. The maximum atomic E-state index is 12.4. The van der Waals surface area contributed by atoms with Gasteiger partial charge in [-0.1, -0.05) is 12.5 Å². The first-order valence-electron chi connectivity index (χ1n) is 7.35. The molecule has 1 amide bonds. The molecule has 1 unspecified atom stereocenters. The van der Waals surface area contributed by atoms with Crippen molar-refractivity contribution in [3.63, 3.8) is 0 Å². The Morgan fingerprint density at radius 2 is 2.05 bits per heavy atom. The molecule has 0 bridgehead atoms. The number of nitrogens with two attached hydrogens (primary N) is 1. The number of hydrogen-bond donors (Lipinski definition) is 5. The van der Waals surface area contributed by atoms with Crippen LogP contribution >= 0.6 is 0 Å². The van der Waals surface area contributed by atoms with Crippen molar-refractivity contribution in [1.29, 1.82) is 0 Å². The molecule has 0 saturated heterocycles. The molecule has 6 nitrogen and oxygen atoms in total. The van der Waals surface area contributed by atoms with Gasteiger partial charge in [-0.15, -0.1) is 0 Å². The number of nitrogens with one attached hydrogen (secondary N) is 1. The fourth-order valence-electron chi connectivity index (χ4n) is 2.22. The Balaban J connectivity index is 2.36. The van der Waals surface area contributed by atoms with Crippen molar-refractivity contribution in [2.24, 2.45) is 0 Å². The van der Waals surface area contributed by atoms with Crippen LogP contribution in [0.4, 0.5) is 5.69 Å². The van der Waals surface area contributed by atoms with Crippen molar-refractivity contribution < 1.29 is 20.1 Å². The van der Waals surface area contributed by atoms with Crippen LogP contribution in [-0.4, -0.2) is 27.3 Å². The Morgan fingerprint density at radius 3 is 2.55 bits per heavy atom. The third kappa shape index (κ3) is 3.33. The minimum atomic E-state index is -1.22. The van der Waals surface area contributed by atoms with Gasteiger partial charge in [0, 0.05) is 11.6 Å². The highest BCUT2D eigenvalue weighted by Gasteiger charge is 2.29. The largest absolute Gasteiger partial charge is 0.504 e. The highest BCUT2D eigenvalue weighted by atomic mass is 16.3. The van der Waals surface area contributed by atoms with E-state index in [-0.39, 0.29) is 28.8 Å². The van der Waals surface area contributed by atoms with E-state index in [2.05, 4.69) is 5.32 Å². The van der Waals surface area contributed by atoms with Crippen LogP contribution in [0.1, 0.15) is 44.8 Å². The second-order valence-electron chi connectivity index (χ2n) is 5.68. The smallest absolute Gasteiger partial charge is 0.250 e. The minimum Gasteiger partial charge on any atom is -0.504 e. The number of nitrogen functional groups attached to an aromatic ring is 1. The first-order valence-corrected chi connectivity index (χ1v) is 7.35. The van der Waals surface area contributed by atoms with Crippen LogP contribution in [0.25, 0.3) is 0 Å². The SMILES string of the molecule is CC/C(C)=C(\C(=O)NC1CC1)C(O)c1cc(N)c(O)c(O)c1. The van der Waals surface area contributed by atoms with Crippen LogP contribution in [0.5, 0.6) is 11.5 Å². The molecule has 22 heavy (non-hydrogen) atoms. The van der Waals surface area contributed by atoms with Gasteiger partial charge in [0.05, 0.1) is 5.69 Å². The van der Waals surface area contributed by atoms with E-state index in [1.807, 2.05) is 6.92 Å². The summed E-state index contributed by atoms with van der Waals surface area (Å²) < 4.78 is 0. The van der Waals surface area contributed by atoms with E-state index in [0.29, 0.717) is 6.42 Å². The van der Waals surface area contributed by atoms with Gasteiger partial charge in [-0.2, -0.15) is 0 Å². The molecule has 1 fully saturated rings. The number of aliphatic hydroxyl groups excluding tert-OH is 1. The summed E-state index contributed by atoms with van der Waals surface area (Å²) in [5.74, 6) is -1.17. The Hall–Kier alpha value is -2.21. The standard InChI is InChI=1S/C16H22N2O4/c1-3-8(2)13(16(22)18-10-4-5-10)14(20)9-6-11(17)15(21)12(19)7-9/h6-7,10,14,19-21H,3-5,17H2,1-2H3,(H,18,22)/b13-8-. The van der Waals surface area contributed by atoms with E-state index in [1.165, 1.54) is 12.1 Å². The first kappa shape index (κ1) is 16.2. The number of anilines is 1. The zero-order valence-electron chi connectivity index (χ0n) is 12.8. The zero-order valence-corrected chi connectivity index (χ0v) is 12.8. The van der Waals surface area contributed by atoms with Gasteiger partial charge in [-0.3, -0.25) is 4.79 Å². The quantitative estimate of drug-likeness (QED) is 0.323. The lowest BCUT2D eigenvalue weighted by molar-refractivity contribution is -0.118. The summed E-state index contributed by atoms with van der Waals surface area (Å²) in [7, 11) is 0. The lowest BCUT2D eigenvalue weighted by Crippen LogP contribution is -2.30. The molecule has 6 heteroatoms. The fraction of sp³-hybridized carbons (Fsp3) is 0.438. The number of rotatable bonds is 5. The van der Waals surface area contributed by atoms with Crippen LogP contribution in [0.3, 0.4) is 0 Å². The average molecular weight is 306 g/mol. The van der Waals surface area contributed by atoms with Crippen molar-refractivity contribution in [2.45, 2.75) is 45.3 Å². The number of hydrogen-bond acceptors (Lipinski definition) is 5. The van der Waals surface area contributed by atoms with E-state index in [9.17, 15) is 20.1 Å². The van der Waals surface area contributed by atoms with Crippen LogP contribution in [-0.2, 0) is 4.79 Å². The zero-order chi connectivity index (χ0) is 16.4. The summed E-state index contributed by atoms with van der Waals surface area (Å²) >= 11 is 0. The highest BCUT2D eigenvalue weighted by Crippen LogP contribution is 2.37. The lowest BCUT2D eigenvalue weighted by atomic mass is 9.94. The maximum absolute atomic E-state index is 12.4. The van der Waals surface area contributed by atoms with E-state index in [4.69, 9.17) is 5.73 Å². The number of aliphatic hydroxyl groups is 1. The molecule has 2 rings (SSSR count). The third-order valence-electron chi connectivity index (χ3n) is 3.88. The predicted molar refractivity (Wildman–Crippen MR) is 83.3 cm³/mol. The van der Waals surface area contributed by atoms with Gasteiger partial charge in [0.2, 0.25) is 5.91 Å². The molecule has 0 aromatic heterocycles. The molecule has 1 aliphatic rings. The monoisotopic (exact) mass is 306 g/mol. The fourth-order valence-corrected chi connectivity index (χ4v) is 2.22. The summed E-state index contributed by atoms with van der Waals surface area (Å²) in [4.78, 5) is 12.4. The van der Waals surface area contributed by atoms with Crippen LogP contribution in [0.2, 0.25) is 0 Å². The van der Waals surface area contributed by atoms with Crippen LogP contribution in [0, 0.1) is 0 Å². The number of phenolic OH excluding ortho intramolecular Hbond substituents is 2. The minimum absolute atomic E-state index is 0.0508. The number of amides is 1. The normalized spacial score (nSPS) is 16.9. The van der Waals surface area contributed by atoms with Crippen LogP contribution in [0.15, 0.2) is 23.3 Å². The maximum Gasteiger partial charge on any atom is 0.250 e. The highest BCUT2D eigenvalue weighted by molar-refractivity contribution is 5.95. The van der Waals surface area contributed by atoms with Crippen molar-refractivity contribution in [2.75, 3.05) is 5.73 Å². The summed E-state index contributed by atoms with van der Waals surface area (Å²) in [6.45, 7) is 3.68. The van der Waals surface area contributed by atoms with Crippen molar-refractivity contribution in [3.8, 4) is 11.5 Å². The average Bonchev–Trinajstić information content (AvgIpc) is 3.27. The molecular formula is C16H22N2O4. The third-order valence-corrected chi connectivity index (χ3v) is 3.88. The Labute approximate surface area is 129 Å². The Morgan fingerprint density at radius 1 is 1.41 bits per heavy atom. The summed E-state index contributed by atoms with van der Waals surface area (Å²) in [6, 6.07) is 2.74. The first-order chi connectivity index (χ1) is 10.3. The number of phenols is 2. The van der Waals surface area contributed by atoms with Gasteiger partial charge < -0.3 is 26.4 Å². The molecule has 0 heterocycles. The van der Waals surface area contributed by atoms with E-state index in [0.717, 1.165) is 18.4 Å². The molecule has 1 aromatic rings. The lowest BCUT2D eigenvalue weighted by Gasteiger charge is -2.19. The molecule has 1 aliphatic carbocycles. The second-order valence-corrected chi connectivity index (χ2v) is 5.68. The number of aromatic hydroxyl groups is 2. The molecule has 1 aromatic carbocycles. The number of benzene rings is 1. The molecule has 0 radical (unpaired) electrons. The Bertz CT molecular complexity index is 598. The predicted octanol–water partition coefficient (Wildman–Crippen LogP) is 1.72. The van der Waals surface area contributed by atoms with Gasteiger partial charge in [-0.25, -0.2) is 0 Å². The Kier molecular flexibility index (Phi) is 4.61. The molecule has 120 valence electrons. The number of carbonyl (C=O) groups is 1. The van der Waals surface area contributed by atoms with Crippen molar-refractivity contribution >= 4 is 11.6 Å². The van der Waals surface area contributed by atoms with Gasteiger partial charge in [0.15, 0.2) is 11.5 Å². The van der Waals surface area contributed by atoms with Gasteiger partial charge in [0.1, 0.15) is 6.10 Å². The molecule has 1 atom stereocenters. The molecule has 0 spiro atoms. The summed E-state index contributed by atoms with van der Waals surface area (Å²) in [6.07, 6.45) is 1.30. The number of allylic oxidation sites excluding steroid dienone is 1. The van der Waals surface area contributed by atoms with Crippen LogP contribution < -0.4 is 11.1 Å². The number of carbonyl (C=O) groups excluding carboxylic acids is 1. The second kappa shape index (κ2) is 6.27. The molecule has 1 saturated carbocycles. The molecule has 6 N–H and O–H groups in total. The van der Waals surface area contributed by atoms with E-state index in [1.54, 1.807) is 6.92 Å². The molecular weight excluding hydrogens is 284 g/mol. The molecule has 0 aliphatic heterocycles. The summed E-state index contributed by atoms with van der Waals surface area (Å²) in [5.41, 5.74) is 6.84. The van der Waals surface area contributed by atoms with Gasteiger partial charge in [0.25, 0.3) is 0 Å². The van der Waals surface area contributed by atoms with Crippen molar-refractivity contribution in [1.82, 2.24) is 5.32 Å². The van der Waals surface area contributed by atoms with Gasteiger partial charge >= 0.3 is 0 Å². The topological polar surface area (TPSA) is 116 Å². The van der Waals surface area contributed by atoms with Crippen molar-refractivity contribution in [3.05, 3.63) is 28.8 Å².